The van der Waals surface area contributed by atoms with E-state index in [1.165, 1.54) is 11.1 Å². The average Bonchev–Trinajstić information content (AvgIpc) is 2.84. The molecule has 1 unspecified atom stereocenters. The van der Waals surface area contributed by atoms with Gasteiger partial charge in [0.25, 0.3) is 0 Å². The first-order valence-corrected chi connectivity index (χ1v) is 5.93. The Hall–Kier alpha value is -1.13. The molecule has 0 amide bonds. The molecule has 0 saturated heterocycles. The molecule has 2 heterocycles. The number of aryl methyl sites for hydroxylation is 1. The van der Waals surface area contributed by atoms with Gasteiger partial charge in [0.05, 0.1) is 6.20 Å². The van der Waals surface area contributed by atoms with E-state index >= 15 is 0 Å². The van der Waals surface area contributed by atoms with Crippen molar-refractivity contribution in [3.8, 4) is 0 Å². The summed E-state index contributed by atoms with van der Waals surface area (Å²) in [5.74, 6) is 0. The van der Waals surface area contributed by atoms with Crippen molar-refractivity contribution < 1.29 is 0 Å². The minimum absolute atomic E-state index is 0.346. The highest BCUT2D eigenvalue weighted by Gasteiger charge is 2.06. The average molecular weight is 221 g/mol. The Kier molecular flexibility index (Phi) is 3.18. The van der Waals surface area contributed by atoms with Crippen LogP contribution >= 0.6 is 11.3 Å². The van der Waals surface area contributed by atoms with Gasteiger partial charge in [-0.2, -0.15) is 16.4 Å². The molecule has 0 radical (unpaired) electrons. The van der Waals surface area contributed by atoms with Crippen LogP contribution in [0.1, 0.15) is 24.1 Å². The summed E-state index contributed by atoms with van der Waals surface area (Å²) in [5.41, 5.74) is 2.57. The summed E-state index contributed by atoms with van der Waals surface area (Å²) in [7, 11) is 1.94. The van der Waals surface area contributed by atoms with Gasteiger partial charge in [-0.25, -0.2) is 0 Å². The van der Waals surface area contributed by atoms with Crippen LogP contribution in [0, 0.1) is 0 Å². The number of hydrogen-bond acceptors (Lipinski definition) is 3. The first kappa shape index (κ1) is 10.4. The summed E-state index contributed by atoms with van der Waals surface area (Å²) in [6.07, 6.45) is 3.95. The number of rotatable bonds is 4. The van der Waals surface area contributed by atoms with E-state index in [1.54, 1.807) is 11.3 Å². The SMILES string of the molecule is CC(NCc1ccsc1)c1cnn(C)c1. The monoisotopic (exact) mass is 221 g/mol. The fourth-order valence-corrected chi connectivity index (χ4v) is 2.11. The van der Waals surface area contributed by atoms with E-state index in [0.717, 1.165) is 6.54 Å². The Morgan fingerprint density at radius 3 is 3.07 bits per heavy atom. The van der Waals surface area contributed by atoms with Crippen molar-refractivity contribution in [2.45, 2.75) is 19.5 Å². The standard InChI is InChI=1S/C11H15N3S/c1-9(11-6-13-14(2)7-11)12-5-10-3-4-15-8-10/h3-4,6-9,12H,5H2,1-2H3. The van der Waals surface area contributed by atoms with Gasteiger partial charge in [-0.05, 0) is 29.3 Å². The van der Waals surface area contributed by atoms with Crippen LogP contribution in [0.2, 0.25) is 0 Å². The lowest BCUT2D eigenvalue weighted by atomic mass is 10.2. The Morgan fingerprint density at radius 2 is 2.47 bits per heavy atom. The molecule has 0 fully saturated rings. The zero-order valence-corrected chi connectivity index (χ0v) is 9.79. The van der Waals surface area contributed by atoms with E-state index < -0.39 is 0 Å². The summed E-state index contributed by atoms with van der Waals surface area (Å²) in [4.78, 5) is 0. The van der Waals surface area contributed by atoms with Gasteiger partial charge in [-0.15, -0.1) is 0 Å². The quantitative estimate of drug-likeness (QED) is 0.858. The largest absolute Gasteiger partial charge is 0.306 e. The second kappa shape index (κ2) is 4.59. The lowest BCUT2D eigenvalue weighted by molar-refractivity contribution is 0.575. The highest BCUT2D eigenvalue weighted by atomic mass is 32.1. The van der Waals surface area contributed by atoms with Crippen LogP contribution in [0.4, 0.5) is 0 Å². The van der Waals surface area contributed by atoms with E-state index in [0.29, 0.717) is 6.04 Å². The third-order valence-electron chi connectivity index (χ3n) is 2.42. The van der Waals surface area contributed by atoms with E-state index in [9.17, 15) is 0 Å². The van der Waals surface area contributed by atoms with Gasteiger partial charge < -0.3 is 5.32 Å². The molecule has 1 N–H and O–H groups in total. The second-order valence-electron chi connectivity index (χ2n) is 3.68. The molecule has 4 heteroatoms. The zero-order valence-electron chi connectivity index (χ0n) is 8.97. The molecule has 0 saturated carbocycles. The van der Waals surface area contributed by atoms with Crippen molar-refractivity contribution in [2.24, 2.45) is 7.05 Å². The summed E-state index contributed by atoms with van der Waals surface area (Å²) in [6, 6.07) is 2.49. The van der Waals surface area contributed by atoms with Gasteiger partial charge in [-0.3, -0.25) is 4.68 Å². The molecule has 15 heavy (non-hydrogen) atoms. The highest BCUT2D eigenvalue weighted by molar-refractivity contribution is 7.07. The van der Waals surface area contributed by atoms with Crippen molar-refractivity contribution in [2.75, 3.05) is 0 Å². The Labute approximate surface area is 93.7 Å². The maximum Gasteiger partial charge on any atom is 0.0537 e. The summed E-state index contributed by atoms with van der Waals surface area (Å²) in [5, 5.41) is 11.9. The van der Waals surface area contributed by atoms with Gasteiger partial charge in [0, 0.05) is 31.4 Å². The maximum absolute atomic E-state index is 4.16. The summed E-state index contributed by atoms with van der Waals surface area (Å²) >= 11 is 1.73. The molecule has 2 aromatic heterocycles. The van der Waals surface area contributed by atoms with Gasteiger partial charge in [0.2, 0.25) is 0 Å². The lowest BCUT2D eigenvalue weighted by Crippen LogP contribution is -2.17. The first-order chi connectivity index (χ1) is 7.25. The van der Waals surface area contributed by atoms with Crippen LogP contribution in [0.25, 0.3) is 0 Å². The van der Waals surface area contributed by atoms with Gasteiger partial charge in [0.1, 0.15) is 0 Å². The van der Waals surface area contributed by atoms with Crippen LogP contribution < -0.4 is 5.32 Å². The normalized spacial score (nSPS) is 12.9. The van der Waals surface area contributed by atoms with Crippen LogP contribution in [0.15, 0.2) is 29.2 Å². The smallest absolute Gasteiger partial charge is 0.0537 e. The van der Waals surface area contributed by atoms with Crippen molar-refractivity contribution in [3.63, 3.8) is 0 Å². The Balaban J connectivity index is 1.90. The van der Waals surface area contributed by atoms with Crippen molar-refractivity contribution in [1.29, 1.82) is 0 Å². The molecule has 0 aromatic carbocycles. The van der Waals surface area contributed by atoms with Crippen LogP contribution in [0.3, 0.4) is 0 Å². The number of nitrogens with one attached hydrogen (secondary N) is 1. The summed E-state index contributed by atoms with van der Waals surface area (Å²) in [6.45, 7) is 3.07. The highest BCUT2D eigenvalue weighted by Crippen LogP contribution is 2.12. The zero-order chi connectivity index (χ0) is 10.7. The van der Waals surface area contributed by atoms with Crippen LogP contribution in [0.5, 0.6) is 0 Å². The lowest BCUT2D eigenvalue weighted by Gasteiger charge is -2.10. The van der Waals surface area contributed by atoms with E-state index in [2.05, 4.69) is 34.2 Å². The van der Waals surface area contributed by atoms with Crippen LogP contribution in [-0.2, 0) is 13.6 Å². The molecular weight excluding hydrogens is 206 g/mol. The number of aromatic nitrogens is 2. The third-order valence-corrected chi connectivity index (χ3v) is 3.15. The fraction of sp³-hybridized carbons (Fsp3) is 0.364. The molecule has 1 atom stereocenters. The van der Waals surface area contributed by atoms with Gasteiger partial charge in [-0.1, -0.05) is 0 Å². The van der Waals surface area contributed by atoms with E-state index in [4.69, 9.17) is 0 Å². The first-order valence-electron chi connectivity index (χ1n) is 4.98. The van der Waals surface area contributed by atoms with Gasteiger partial charge >= 0.3 is 0 Å². The molecule has 0 bridgehead atoms. The molecule has 0 spiro atoms. The van der Waals surface area contributed by atoms with E-state index in [-0.39, 0.29) is 0 Å². The van der Waals surface area contributed by atoms with Gasteiger partial charge in [0.15, 0.2) is 0 Å². The topological polar surface area (TPSA) is 29.9 Å². The third kappa shape index (κ3) is 2.67. The molecule has 2 rings (SSSR count). The van der Waals surface area contributed by atoms with Crippen molar-refractivity contribution in [1.82, 2.24) is 15.1 Å². The molecular formula is C11H15N3S. The van der Waals surface area contributed by atoms with Crippen molar-refractivity contribution in [3.05, 3.63) is 40.3 Å². The molecule has 0 aliphatic rings. The predicted octanol–water partition coefficient (Wildman–Crippen LogP) is 2.33. The predicted molar refractivity (Wildman–Crippen MR) is 62.8 cm³/mol. The summed E-state index contributed by atoms with van der Waals surface area (Å²) < 4.78 is 1.83. The van der Waals surface area contributed by atoms with Crippen LogP contribution in [-0.4, -0.2) is 9.78 Å². The van der Waals surface area contributed by atoms with E-state index in [1.807, 2.05) is 24.1 Å². The number of hydrogen-bond donors (Lipinski definition) is 1. The minimum atomic E-state index is 0.346. The number of thiophene rings is 1. The Morgan fingerprint density at radius 1 is 1.60 bits per heavy atom. The molecule has 3 nitrogen and oxygen atoms in total. The molecule has 80 valence electrons. The molecule has 0 aliphatic heterocycles. The second-order valence-corrected chi connectivity index (χ2v) is 4.46. The minimum Gasteiger partial charge on any atom is -0.306 e. The maximum atomic E-state index is 4.16. The fourth-order valence-electron chi connectivity index (χ4n) is 1.45. The molecule has 0 aliphatic carbocycles. The Bertz CT molecular complexity index is 405. The van der Waals surface area contributed by atoms with Crippen molar-refractivity contribution >= 4 is 11.3 Å². The number of nitrogens with zero attached hydrogens (tertiary/aromatic N) is 2. The molecule has 2 aromatic rings.